The average molecular weight is 229 g/mol. The number of hydrogen-bond donors (Lipinski definition) is 2. The third-order valence-electron chi connectivity index (χ3n) is 1.72. The Hall–Kier alpha value is -0.680. The van der Waals surface area contributed by atoms with E-state index in [0.717, 1.165) is 24.6 Å². The van der Waals surface area contributed by atoms with E-state index in [9.17, 15) is 0 Å². The van der Waals surface area contributed by atoms with E-state index in [4.69, 9.17) is 12.2 Å². The summed E-state index contributed by atoms with van der Waals surface area (Å²) in [7, 11) is 0. The maximum absolute atomic E-state index is 5.10. The maximum atomic E-state index is 5.10. The maximum Gasteiger partial charge on any atom is 0.166 e. The molecule has 0 bridgehead atoms. The number of nitrogens with one attached hydrogen (secondary N) is 2. The second kappa shape index (κ2) is 6.73. The van der Waals surface area contributed by atoms with Gasteiger partial charge >= 0.3 is 0 Å². The molecule has 0 saturated heterocycles. The lowest BCUT2D eigenvalue weighted by Crippen LogP contribution is -2.35. The molecule has 0 radical (unpaired) electrons. The summed E-state index contributed by atoms with van der Waals surface area (Å²) in [5.74, 6) is 0. The van der Waals surface area contributed by atoms with Gasteiger partial charge in [0.15, 0.2) is 5.11 Å². The van der Waals surface area contributed by atoms with Gasteiger partial charge in [0, 0.05) is 17.6 Å². The van der Waals surface area contributed by atoms with Crippen molar-refractivity contribution in [1.29, 1.82) is 0 Å². The van der Waals surface area contributed by atoms with Gasteiger partial charge in [-0.05, 0) is 18.6 Å². The van der Waals surface area contributed by atoms with Crippen molar-refractivity contribution < 1.29 is 0 Å². The number of hydrogen-bond acceptors (Lipinski definition) is 3. The van der Waals surface area contributed by atoms with Crippen LogP contribution >= 0.6 is 23.6 Å². The number of aromatic nitrogens is 1. The van der Waals surface area contributed by atoms with E-state index in [0.29, 0.717) is 0 Å². The molecule has 78 valence electrons. The summed E-state index contributed by atoms with van der Waals surface area (Å²) >= 11 is 6.73. The Morgan fingerprint density at radius 3 is 3.07 bits per heavy atom. The zero-order valence-corrected chi connectivity index (χ0v) is 9.88. The first kappa shape index (κ1) is 11.4. The fourth-order valence-electron chi connectivity index (χ4n) is 0.938. The molecule has 1 aromatic rings. The Bertz CT molecular complexity index is 259. The first-order valence-corrected chi connectivity index (χ1v) is 6.00. The SMILES string of the molecule is CCCCNC(=S)NCc1cncs1. The van der Waals surface area contributed by atoms with Gasteiger partial charge in [0.25, 0.3) is 0 Å². The van der Waals surface area contributed by atoms with Gasteiger partial charge in [-0.1, -0.05) is 13.3 Å². The van der Waals surface area contributed by atoms with Crippen LogP contribution in [-0.4, -0.2) is 16.6 Å². The van der Waals surface area contributed by atoms with Crippen LogP contribution in [0.1, 0.15) is 24.6 Å². The summed E-state index contributed by atoms with van der Waals surface area (Å²) in [4.78, 5) is 5.19. The van der Waals surface area contributed by atoms with E-state index in [1.165, 1.54) is 11.3 Å². The van der Waals surface area contributed by atoms with Crippen molar-refractivity contribution in [2.45, 2.75) is 26.3 Å². The van der Waals surface area contributed by atoms with E-state index < -0.39 is 0 Å². The number of unbranched alkanes of at least 4 members (excludes halogenated alkanes) is 1. The number of nitrogens with zero attached hydrogens (tertiary/aromatic N) is 1. The Morgan fingerprint density at radius 2 is 2.43 bits per heavy atom. The van der Waals surface area contributed by atoms with E-state index in [-0.39, 0.29) is 0 Å². The van der Waals surface area contributed by atoms with Crippen molar-refractivity contribution in [3.8, 4) is 0 Å². The topological polar surface area (TPSA) is 37.0 Å². The van der Waals surface area contributed by atoms with Crippen LogP contribution in [0.5, 0.6) is 0 Å². The second-order valence-electron chi connectivity index (χ2n) is 2.93. The predicted molar refractivity (Wildman–Crippen MR) is 64.5 cm³/mol. The molecule has 0 aromatic carbocycles. The highest BCUT2D eigenvalue weighted by molar-refractivity contribution is 7.80. The van der Waals surface area contributed by atoms with Crippen LogP contribution in [0.3, 0.4) is 0 Å². The highest BCUT2D eigenvalue weighted by Gasteiger charge is 1.96. The van der Waals surface area contributed by atoms with Crippen molar-refractivity contribution in [2.75, 3.05) is 6.54 Å². The zero-order chi connectivity index (χ0) is 10.2. The van der Waals surface area contributed by atoms with Gasteiger partial charge in [0.2, 0.25) is 0 Å². The van der Waals surface area contributed by atoms with Gasteiger partial charge in [-0.15, -0.1) is 11.3 Å². The van der Waals surface area contributed by atoms with Gasteiger partial charge in [-0.2, -0.15) is 0 Å². The lowest BCUT2D eigenvalue weighted by molar-refractivity contribution is 0.740. The summed E-state index contributed by atoms with van der Waals surface area (Å²) in [5, 5.41) is 7.01. The van der Waals surface area contributed by atoms with E-state index in [1.54, 1.807) is 11.3 Å². The van der Waals surface area contributed by atoms with E-state index in [1.807, 2.05) is 11.7 Å². The fraction of sp³-hybridized carbons (Fsp3) is 0.556. The quantitative estimate of drug-likeness (QED) is 0.597. The smallest absolute Gasteiger partial charge is 0.166 e. The average Bonchev–Trinajstić information content (AvgIpc) is 2.68. The molecule has 5 heteroatoms. The molecule has 0 atom stereocenters. The lowest BCUT2D eigenvalue weighted by Gasteiger charge is -2.08. The molecule has 0 aliphatic heterocycles. The second-order valence-corrected chi connectivity index (χ2v) is 4.31. The molecule has 2 N–H and O–H groups in total. The highest BCUT2D eigenvalue weighted by atomic mass is 32.1. The van der Waals surface area contributed by atoms with Crippen LogP contribution in [0.2, 0.25) is 0 Å². The van der Waals surface area contributed by atoms with Gasteiger partial charge < -0.3 is 10.6 Å². The molecule has 0 aliphatic rings. The lowest BCUT2D eigenvalue weighted by atomic mass is 10.3. The van der Waals surface area contributed by atoms with Crippen LogP contribution in [0.25, 0.3) is 0 Å². The number of thiocarbonyl (C=S) groups is 1. The van der Waals surface area contributed by atoms with Crippen LogP contribution < -0.4 is 10.6 Å². The summed E-state index contributed by atoms with van der Waals surface area (Å²) in [5.41, 5.74) is 1.82. The Balaban J connectivity index is 2.09. The molecule has 0 spiro atoms. The minimum atomic E-state index is 0.729. The van der Waals surface area contributed by atoms with Crippen molar-refractivity contribution >= 4 is 28.7 Å². The van der Waals surface area contributed by atoms with Gasteiger partial charge in [-0.3, -0.25) is 4.98 Å². The molecule has 0 amide bonds. The molecule has 1 heterocycles. The van der Waals surface area contributed by atoms with Crippen molar-refractivity contribution in [2.24, 2.45) is 0 Å². The van der Waals surface area contributed by atoms with E-state index in [2.05, 4.69) is 22.5 Å². The molecular formula is C9H15N3S2. The Morgan fingerprint density at radius 1 is 1.57 bits per heavy atom. The van der Waals surface area contributed by atoms with Gasteiger partial charge in [0.1, 0.15) is 0 Å². The highest BCUT2D eigenvalue weighted by Crippen LogP contribution is 2.03. The minimum Gasteiger partial charge on any atom is -0.363 e. The number of rotatable bonds is 5. The summed E-state index contributed by atoms with van der Waals surface area (Å²) < 4.78 is 0. The minimum absolute atomic E-state index is 0.729. The van der Waals surface area contributed by atoms with Crippen molar-refractivity contribution in [1.82, 2.24) is 15.6 Å². The monoisotopic (exact) mass is 229 g/mol. The molecule has 0 fully saturated rings. The standard InChI is InChI=1S/C9H15N3S2/c1-2-3-4-11-9(13)12-6-8-5-10-7-14-8/h5,7H,2-4,6H2,1H3,(H2,11,12,13). The fourth-order valence-corrected chi connectivity index (χ4v) is 1.65. The van der Waals surface area contributed by atoms with Crippen LogP contribution in [0, 0.1) is 0 Å². The Kier molecular flexibility index (Phi) is 5.47. The normalized spacial score (nSPS) is 9.79. The third kappa shape index (κ3) is 4.53. The van der Waals surface area contributed by atoms with Gasteiger partial charge in [-0.25, -0.2) is 0 Å². The first-order chi connectivity index (χ1) is 6.83. The predicted octanol–water partition coefficient (Wildman–Crippen LogP) is 1.91. The van der Waals surface area contributed by atoms with Crippen molar-refractivity contribution in [3.05, 3.63) is 16.6 Å². The molecular weight excluding hydrogens is 214 g/mol. The Labute approximate surface area is 93.9 Å². The molecule has 1 aromatic heterocycles. The third-order valence-corrected chi connectivity index (χ3v) is 2.79. The molecule has 0 aliphatic carbocycles. The largest absolute Gasteiger partial charge is 0.363 e. The molecule has 3 nitrogen and oxygen atoms in total. The molecule has 1 rings (SSSR count). The zero-order valence-electron chi connectivity index (χ0n) is 8.25. The molecule has 14 heavy (non-hydrogen) atoms. The molecule has 0 saturated carbocycles. The summed E-state index contributed by atoms with van der Waals surface area (Å²) in [6.45, 7) is 3.88. The van der Waals surface area contributed by atoms with Crippen LogP contribution in [0.15, 0.2) is 11.7 Å². The van der Waals surface area contributed by atoms with Crippen LogP contribution in [-0.2, 0) is 6.54 Å². The van der Waals surface area contributed by atoms with Gasteiger partial charge in [0.05, 0.1) is 12.1 Å². The summed E-state index contributed by atoms with van der Waals surface area (Å²) in [6, 6.07) is 0. The number of thiazole rings is 1. The molecule has 0 unspecified atom stereocenters. The summed E-state index contributed by atoms with van der Waals surface area (Å²) in [6.07, 6.45) is 4.19. The van der Waals surface area contributed by atoms with E-state index >= 15 is 0 Å². The van der Waals surface area contributed by atoms with Crippen molar-refractivity contribution in [3.63, 3.8) is 0 Å². The first-order valence-electron chi connectivity index (χ1n) is 4.72. The van der Waals surface area contributed by atoms with Crippen LogP contribution in [0.4, 0.5) is 0 Å².